The van der Waals surface area contributed by atoms with E-state index in [0.29, 0.717) is 6.04 Å². The van der Waals surface area contributed by atoms with Crippen molar-refractivity contribution in [3.05, 3.63) is 35.4 Å². The maximum absolute atomic E-state index is 12.4. The van der Waals surface area contributed by atoms with Crippen LogP contribution < -0.4 is 5.32 Å². The van der Waals surface area contributed by atoms with E-state index < -0.39 is 0 Å². The summed E-state index contributed by atoms with van der Waals surface area (Å²) in [5.74, 6) is 0.0589. The molecule has 1 aliphatic heterocycles. The van der Waals surface area contributed by atoms with Crippen molar-refractivity contribution < 1.29 is 4.79 Å². The maximum Gasteiger partial charge on any atom is 0.251 e. The Morgan fingerprint density at radius 1 is 1.25 bits per heavy atom. The number of carbonyl (C=O) groups excluding carboxylic acids is 1. The van der Waals surface area contributed by atoms with E-state index in [9.17, 15) is 4.79 Å². The molecule has 110 valence electrons. The van der Waals surface area contributed by atoms with Crippen molar-refractivity contribution >= 4 is 5.91 Å². The molecule has 20 heavy (non-hydrogen) atoms. The fourth-order valence-electron chi connectivity index (χ4n) is 2.83. The highest BCUT2D eigenvalue weighted by Gasteiger charge is 2.32. The maximum atomic E-state index is 12.4. The van der Waals surface area contributed by atoms with Crippen LogP contribution in [0.5, 0.6) is 0 Å². The molecule has 2 rings (SSSR count). The molecule has 1 aromatic rings. The Labute approximate surface area is 122 Å². The Balaban J connectivity index is 2.00. The van der Waals surface area contributed by atoms with E-state index in [4.69, 9.17) is 0 Å². The molecule has 3 heteroatoms. The normalized spacial score (nSPS) is 19.1. The molecule has 1 aliphatic rings. The topological polar surface area (TPSA) is 32.3 Å². The standard InChI is InChI=1S/C17H26N2O/c1-13(2)19-11-9-17(4,10-12-19)18-16(20)15-8-6-5-7-14(15)3/h5-8,13H,9-12H2,1-4H3,(H,18,20). The molecule has 0 aliphatic carbocycles. The number of rotatable bonds is 3. The molecular formula is C17H26N2O. The van der Waals surface area contributed by atoms with Gasteiger partial charge in [0.1, 0.15) is 0 Å². The van der Waals surface area contributed by atoms with Crippen molar-refractivity contribution in [1.29, 1.82) is 0 Å². The minimum absolute atomic E-state index is 0.0589. The number of benzene rings is 1. The van der Waals surface area contributed by atoms with Gasteiger partial charge in [-0.15, -0.1) is 0 Å². The molecule has 0 atom stereocenters. The van der Waals surface area contributed by atoms with Crippen LogP contribution in [0.2, 0.25) is 0 Å². The fourth-order valence-corrected chi connectivity index (χ4v) is 2.83. The number of amides is 1. The molecule has 0 saturated carbocycles. The Hall–Kier alpha value is -1.35. The van der Waals surface area contributed by atoms with Crippen molar-refractivity contribution in [2.24, 2.45) is 0 Å². The van der Waals surface area contributed by atoms with E-state index in [-0.39, 0.29) is 11.4 Å². The van der Waals surface area contributed by atoms with E-state index in [1.807, 2.05) is 31.2 Å². The summed E-state index contributed by atoms with van der Waals surface area (Å²) < 4.78 is 0. The van der Waals surface area contributed by atoms with Crippen molar-refractivity contribution in [2.75, 3.05) is 13.1 Å². The van der Waals surface area contributed by atoms with Crippen LogP contribution in [0.25, 0.3) is 0 Å². The molecule has 1 amide bonds. The van der Waals surface area contributed by atoms with Gasteiger partial charge < -0.3 is 10.2 Å². The van der Waals surface area contributed by atoms with Gasteiger partial charge in [-0.3, -0.25) is 4.79 Å². The first-order valence-electron chi connectivity index (χ1n) is 7.53. The number of aryl methyl sites for hydroxylation is 1. The fraction of sp³-hybridized carbons (Fsp3) is 0.588. The zero-order valence-electron chi connectivity index (χ0n) is 13.1. The number of carbonyl (C=O) groups is 1. The smallest absolute Gasteiger partial charge is 0.251 e. The van der Waals surface area contributed by atoms with Gasteiger partial charge in [0, 0.05) is 30.2 Å². The molecular weight excluding hydrogens is 248 g/mol. The molecule has 1 saturated heterocycles. The molecule has 1 N–H and O–H groups in total. The van der Waals surface area contributed by atoms with Crippen molar-refractivity contribution in [3.8, 4) is 0 Å². The summed E-state index contributed by atoms with van der Waals surface area (Å²) in [6.45, 7) is 10.7. The first kappa shape index (κ1) is 15.0. The first-order valence-corrected chi connectivity index (χ1v) is 7.53. The molecule has 0 bridgehead atoms. The molecule has 0 unspecified atom stereocenters. The number of likely N-dealkylation sites (tertiary alicyclic amines) is 1. The minimum Gasteiger partial charge on any atom is -0.347 e. The summed E-state index contributed by atoms with van der Waals surface area (Å²) in [4.78, 5) is 14.9. The van der Waals surface area contributed by atoms with E-state index in [2.05, 4.69) is 31.0 Å². The van der Waals surface area contributed by atoms with E-state index in [1.54, 1.807) is 0 Å². The first-order chi connectivity index (χ1) is 9.41. The number of nitrogens with one attached hydrogen (secondary N) is 1. The van der Waals surface area contributed by atoms with E-state index in [1.165, 1.54) is 0 Å². The highest BCUT2D eigenvalue weighted by molar-refractivity contribution is 5.96. The quantitative estimate of drug-likeness (QED) is 0.919. The van der Waals surface area contributed by atoms with Gasteiger partial charge in [0.05, 0.1) is 0 Å². The van der Waals surface area contributed by atoms with Crippen LogP contribution >= 0.6 is 0 Å². The van der Waals surface area contributed by atoms with E-state index >= 15 is 0 Å². The van der Waals surface area contributed by atoms with Gasteiger partial charge in [0.25, 0.3) is 5.91 Å². The largest absolute Gasteiger partial charge is 0.347 e. The molecule has 0 spiro atoms. The second-order valence-electron chi connectivity index (χ2n) is 6.46. The average molecular weight is 274 g/mol. The second kappa shape index (κ2) is 5.96. The van der Waals surface area contributed by atoms with Crippen LogP contribution in [0.1, 0.15) is 49.5 Å². The van der Waals surface area contributed by atoms with Gasteiger partial charge in [-0.1, -0.05) is 18.2 Å². The molecule has 3 nitrogen and oxygen atoms in total. The molecule has 0 radical (unpaired) electrons. The lowest BCUT2D eigenvalue weighted by Gasteiger charge is -2.41. The Morgan fingerprint density at radius 3 is 2.40 bits per heavy atom. The van der Waals surface area contributed by atoms with Crippen LogP contribution in [0.15, 0.2) is 24.3 Å². The monoisotopic (exact) mass is 274 g/mol. The average Bonchev–Trinajstić information content (AvgIpc) is 2.39. The predicted molar refractivity (Wildman–Crippen MR) is 83.0 cm³/mol. The summed E-state index contributed by atoms with van der Waals surface area (Å²) >= 11 is 0. The third kappa shape index (κ3) is 3.40. The highest BCUT2D eigenvalue weighted by Crippen LogP contribution is 2.23. The van der Waals surface area contributed by atoms with Gasteiger partial charge in [-0.25, -0.2) is 0 Å². The summed E-state index contributed by atoms with van der Waals surface area (Å²) in [6.07, 6.45) is 2.03. The lowest BCUT2D eigenvalue weighted by Crippen LogP contribution is -2.54. The zero-order valence-corrected chi connectivity index (χ0v) is 13.1. The number of hydrogen-bond donors (Lipinski definition) is 1. The Bertz CT molecular complexity index is 474. The summed E-state index contributed by atoms with van der Waals surface area (Å²) in [6, 6.07) is 8.36. The summed E-state index contributed by atoms with van der Waals surface area (Å²) in [7, 11) is 0. The molecule has 1 aromatic carbocycles. The number of nitrogens with zero attached hydrogens (tertiary/aromatic N) is 1. The van der Waals surface area contributed by atoms with Crippen molar-refractivity contribution in [1.82, 2.24) is 10.2 Å². The van der Waals surface area contributed by atoms with Gasteiger partial charge in [0.2, 0.25) is 0 Å². The number of hydrogen-bond acceptors (Lipinski definition) is 2. The molecule has 1 fully saturated rings. The van der Waals surface area contributed by atoms with Crippen LogP contribution in [0.4, 0.5) is 0 Å². The van der Waals surface area contributed by atoms with Gasteiger partial charge in [-0.05, 0) is 52.2 Å². The van der Waals surface area contributed by atoms with Crippen LogP contribution in [0, 0.1) is 6.92 Å². The Morgan fingerprint density at radius 2 is 1.85 bits per heavy atom. The third-order valence-electron chi connectivity index (χ3n) is 4.44. The third-order valence-corrected chi connectivity index (χ3v) is 4.44. The molecule has 1 heterocycles. The Kier molecular flexibility index (Phi) is 4.48. The van der Waals surface area contributed by atoms with Crippen LogP contribution in [-0.2, 0) is 0 Å². The number of piperidine rings is 1. The van der Waals surface area contributed by atoms with Gasteiger partial charge in [-0.2, -0.15) is 0 Å². The minimum atomic E-state index is -0.0786. The van der Waals surface area contributed by atoms with Crippen LogP contribution in [-0.4, -0.2) is 35.5 Å². The second-order valence-corrected chi connectivity index (χ2v) is 6.46. The lowest BCUT2D eigenvalue weighted by molar-refractivity contribution is 0.0801. The van der Waals surface area contributed by atoms with Gasteiger partial charge in [0.15, 0.2) is 0 Å². The molecule has 0 aromatic heterocycles. The van der Waals surface area contributed by atoms with Crippen molar-refractivity contribution in [3.63, 3.8) is 0 Å². The highest BCUT2D eigenvalue weighted by atomic mass is 16.1. The van der Waals surface area contributed by atoms with Gasteiger partial charge >= 0.3 is 0 Å². The lowest BCUT2D eigenvalue weighted by atomic mass is 9.88. The zero-order chi connectivity index (χ0) is 14.8. The summed E-state index contributed by atoms with van der Waals surface area (Å²) in [5, 5.41) is 3.25. The van der Waals surface area contributed by atoms with Crippen LogP contribution in [0.3, 0.4) is 0 Å². The van der Waals surface area contributed by atoms with E-state index in [0.717, 1.165) is 37.1 Å². The SMILES string of the molecule is Cc1ccccc1C(=O)NC1(C)CCN(C(C)C)CC1. The summed E-state index contributed by atoms with van der Waals surface area (Å²) in [5.41, 5.74) is 1.75. The predicted octanol–water partition coefficient (Wildman–Crippen LogP) is 2.99. The van der Waals surface area contributed by atoms with Crippen molar-refractivity contribution in [2.45, 2.75) is 52.1 Å².